The second-order valence-corrected chi connectivity index (χ2v) is 7.01. The maximum absolute atomic E-state index is 12.1. The van der Waals surface area contributed by atoms with Crippen LogP contribution in [0.15, 0.2) is 0 Å². The van der Waals surface area contributed by atoms with Crippen LogP contribution in [0.1, 0.15) is 32.6 Å². The molecule has 0 bridgehead atoms. The summed E-state index contributed by atoms with van der Waals surface area (Å²) in [4.78, 5) is 2.39. The molecule has 3 N–H and O–H groups in total. The van der Waals surface area contributed by atoms with Crippen molar-refractivity contribution in [2.75, 3.05) is 39.8 Å². The molecule has 0 unspecified atom stereocenters. The highest BCUT2D eigenvalue weighted by Gasteiger charge is 2.25. The highest BCUT2D eigenvalue weighted by Crippen LogP contribution is 2.12. The third-order valence-corrected chi connectivity index (χ3v) is 5.16. The number of piperidine rings is 1. The summed E-state index contributed by atoms with van der Waals surface area (Å²) >= 11 is 0. The molecule has 1 saturated heterocycles. The molecule has 0 aromatic rings. The van der Waals surface area contributed by atoms with Gasteiger partial charge in [-0.3, -0.25) is 0 Å². The van der Waals surface area contributed by atoms with Crippen LogP contribution < -0.4 is 10.5 Å². The zero-order valence-electron chi connectivity index (χ0n) is 12.1. The lowest BCUT2D eigenvalue weighted by Gasteiger charge is -2.32. The van der Waals surface area contributed by atoms with E-state index in [1.54, 1.807) is 7.05 Å². The molecule has 1 rings (SSSR count). The van der Waals surface area contributed by atoms with Gasteiger partial charge in [-0.05, 0) is 51.9 Å². The molecule has 1 aliphatic heterocycles. The Labute approximate surface area is 117 Å². The molecule has 0 aromatic heterocycles. The Morgan fingerprint density at radius 2 is 2.00 bits per heavy atom. The SMILES string of the molecule is CCCN1CCC(NS(=O)(=O)N(C)CCCN)CC1. The van der Waals surface area contributed by atoms with Crippen LogP contribution in [0, 0.1) is 0 Å². The second-order valence-electron chi connectivity index (χ2n) is 5.20. The summed E-state index contributed by atoms with van der Waals surface area (Å²) in [6.07, 6.45) is 3.62. The standard InChI is InChI=1S/C12H28N4O2S/c1-3-8-16-10-5-12(6-11-16)14-19(17,18)15(2)9-4-7-13/h12,14H,3-11,13H2,1-2H3. The minimum atomic E-state index is -3.35. The average Bonchev–Trinajstić information content (AvgIpc) is 2.38. The van der Waals surface area contributed by atoms with Gasteiger partial charge in [0.15, 0.2) is 0 Å². The number of rotatable bonds is 8. The summed E-state index contributed by atoms with van der Waals surface area (Å²) in [7, 11) is -1.75. The van der Waals surface area contributed by atoms with Gasteiger partial charge in [-0.25, -0.2) is 0 Å². The number of nitrogens with zero attached hydrogens (tertiary/aromatic N) is 2. The van der Waals surface area contributed by atoms with Gasteiger partial charge < -0.3 is 10.6 Å². The number of nitrogens with one attached hydrogen (secondary N) is 1. The number of hydrogen-bond acceptors (Lipinski definition) is 4. The van der Waals surface area contributed by atoms with Crippen molar-refractivity contribution < 1.29 is 8.42 Å². The summed E-state index contributed by atoms with van der Waals surface area (Å²) in [6.45, 7) is 6.22. The van der Waals surface area contributed by atoms with Crippen molar-refractivity contribution in [2.45, 2.75) is 38.6 Å². The van der Waals surface area contributed by atoms with E-state index in [0.717, 1.165) is 38.9 Å². The van der Waals surface area contributed by atoms with Gasteiger partial charge >= 0.3 is 0 Å². The maximum Gasteiger partial charge on any atom is 0.279 e. The molecular formula is C12H28N4O2S. The molecule has 114 valence electrons. The third kappa shape index (κ3) is 5.74. The van der Waals surface area contributed by atoms with Crippen LogP contribution in [0.3, 0.4) is 0 Å². The van der Waals surface area contributed by atoms with Crippen molar-refractivity contribution in [3.8, 4) is 0 Å². The molecule has 0 aromatic carbocycles. The summed E-state index contributed by atoms with van der Waals surface area (Å²) in [5.74, 6) is 0. The fourth-order valence-corrected chi connectivity index (χ4v) is 3.53. The Kier molecular flexibility index (Phi) is 7.23. The van der Waals surface area contributed by atoms with Gasteiger partial charge in [0.05, 0.1) is 0 Å². The molecule has 6 nitrogen and oxygen atoms in total. The predicted octanol–water partition coefficient (Wildman–Crippen LogP) is -0.0242. The maximum atomic E-state index is 12.1. The van der Waals surface area contributed by atoms with Gasteiger partial charge in [-0.15, -0.1) is 0 Å². The molecule has 0 aliphatic carbocycles. The van der Waals surface area contributed by atoms with Gasteiger partial charge in [0.25, 0.3) is 10.2 Å². The topological polar surface area (TPSA) is 78.7 Å². The first kappa shape index (κ1) is 16.8. The van der Waals surface area contributed by atoms with Crippen LogP contribution in [0.2, 0.25) is 0 Å². The molecule has 19 heavy (non-hydrogen) atoms. The van der Waals surface area contributed by atoms with Crippen molar-refractivity contribution in [3.63, 3.8) is 0 Å². The van der Waals surface area contributed by atoms with E-state index in [0.29, 0.717) is 19.5 Å². The lowest BCUT2D eigenvalue weighted by molar-refractivity contribution is 0.206. The van der Waals surface area contributed by atoms with Crippen molar-refractivity contribution in [3.05, 3.63) is 0 Å². The van der Waals surface area contributed by atoms with Crippen LogP contribution in [0.5, 0.6) is 0 Å². The lowest BCUT2D eigenvalue weighted by Crippen LogP contribution is -2.48. The average molecular weight is 292 g/mol. The number of nitrogens with two attached hydrogens (primary N) is 1. The smallest absolute Gasteiger partial charge is 0.279 e. The fraction of sp³-hybridized carbons (Fsp3) is 1.00. The molecule has 1 heterocycles. The Hall–Kier alpha value is -0.210. The third-order valence-electron chi connectivity index (χ3n) is 3.53. The van der Waals surface area contributed by atoms with E-state index >= 15 is 0 Å². The van der Waals surface area contributed by atoms with Crippen molar-refractivity contribution >= 4 is 10.2 Å². The number of hydrogen-bond donors (Lipinski definition) is 2. The van der Waals surface area contributed by atoms with Crippen LogP contribution in [-0.2, 0) is 10.2 Å². The van der Waals surface area contributed by atoms with E-state index in [4.69, 9.17) is 5.73 Å². The van der Waals surface area contributed by atoms with E-state index in [1.807, 2.05) is 0 Å². The summed E-state index contributed by atoms with van der Waals surface area (Å²) in [6, 6.07) is 0.0680. The fourth-order valence-electron chi connectivity index (χ4n) is 2.33. The first-order valence-electron chi connectivity index (χ1n) is 7.15. The van der Waals surface area contributed by atoms with Gasteiger partial charge in [0.1, 0.15) is 0 Å². The molecule has 0 saturated carbocycles. The van der Waals surface area contributed by atoms with E-state index in [1.165, 1.54) is 4.31 Å². The Bertz CT molecular complexity index is 340. The molecule has 0 spiro atoms. The summed E-state index contributed by atoms with van der Waals surface area (Å²) in [5.41, 5.74) is 5.40. The van der Waals surface area contributed by atoms with E-state index in [9.17, 15) is 8.42 Å². The zero-order valence-corrected chi connectivity index (χ0v) is 13.0. The highest BCUT2D eigenvalue weighted by molar-refractivity contribution is 7.87. The normalized spacial score (nSPS) is 19.2. The predicted molar refractivity (Wildman–Crippen MR) is 78.1 cm³/mol. The van der Waals surface area contributed by atoms with E-state index in [2.05, 4.69) is 16.5 Å². The zero-order chi connectivity index (χ0) is 14.3. The largest absolute Gasteiger partial charge is 0.330 e. The Balaban J connectivity index is 2.38. The van der Waals surface area contributed by atoms with Crippen LogP contribution in [0.4, 0.5) is 0 Å². The molecule has 1 fully saturated rings. The molecule has 0 atom stereocenters. The van der Waals surface area contributed by atoms with Crippen LogP contribution >= 0.6 is 0 Å². The highest BCUT2D eigenvalue weighted by atomic mass is 32.2. The minimum absolute atomic E-state index is 0.0680. The van der Waals surface area contributed by atoms with Crippen molar-refractivity contribution in [1.29, 1.82) is 0 Å². The van der Waals surface area contributed by atoms with Gasteiger partial charge in [0.2, 0.25) is 0 Å². The summed E-state index contributed by atoms with van der Waals surface area (Å²) in [5, 5.41) is 0. The van der Waals surface area contributed by atoms with Crippen LogP contribution in [0.25, 0.3) is 0 Å². The monoisotopic (exact) mass is 292 g/mol. The second kappa shape index (κ2) is 8.16. The van der Waals surface area contributed by atoms with Crippen molar-refractivity contribution in [1.82, 2.24) is 13.9 Å². The quantitative estimate of drug-likeness (QED) is 0.659. The van der Waals surface area contributed by atoms with E-state index in [-0.39, 0.29) is 6.04 Å². The molecule has 0 amide bonds. The van der Waals surface area contributed by atoms with Gasteiger partial charge in [0, 0.05) is 19.6 Å². The summed E-state index contributed by atoms with van der Waals surface area (Å²) < 4.78 is 28.3. The lowest BCUT2D eigenvalue weighted by atomic mass is 10.1. The molecular weight excluding hydrogens is 264 g/mol. The van der Waals surface area contributed by atoms with Crippen LogP contribution in [-0.4, -0.2) is 63.4 Å². The minimum Gasteiger partial charge on any atom is -0.330 e. The Morgan fingerprint density at radius 1 is 1.37 bits per heavy atom. The molecule has 7 heteroatoms. The van der Waals surface area contributed by atoms with Crippen molar-refractivity contribution in [2.24, 2.45) is 5.73 Å². The van der Waals surface area contributed by atoms with Gasteiger partial charge in [-0.2, -0.15) is 17.4 Å². The number of likely N-dealkylation sites (tertiary alicyclic amines) is 1. The first-order valence-corrected chi connectivity index (χ1v) is 8.59. The van der Waals surface area contributed by atoms with Gasteiger partial charge in [-0.1, -0.05) is 6.92 Å². The first-order chi connectivity index (χ1) is 8.99. The van der Waals surface area contributed by atoms with E-state index < -0.39 is 10.2 Å². The molecule has 1 aliphatic rings. The Morgan fingerprint density at radius 3 is 2.53 bits per heavy atom. The molecule has 0 radical (unpaired) electrons.